The number of aryl methyl sites for hydroxylation is 1. The number of carbonyl (C=O) groups is 3. The molecular formula is C19H28N2O4. The lowest BCUT2D eigenvalue weighted by molar-refractivity contribution is -0.145. The quantitative estimate of drug-likeness (QED) is 0.718. The maximum absolute atomic E-state index is 12.8. The summed E-state index contributed by atoms with van der Waals surface area (Å²) < 4.78 is 0. The molecule has 6 nitrogen and oxygen atoms in total. The Morgan fingerprint density at radius 3 is 2.36 bits per heavy atom. The van der Waals surface area contributed by atoms with Crippen molar-refractivity contribution in [2.45, 2.75) is 46.6 Å². The Bertz CT molecular complexity index is 613. The van der Waals surface area contributed by atoms with Crippen LogP contribution < -0.4 is 5.32 Å². The molecule has 2 N–H and O–H groups in total. The molecule has 138 valence electrons. The van der Waals surface area contributed by atoms with E-state index >= 15 is 0 Å². The number of carboxylic acid groups (broad SMARTS) is 1. The van der Waals surface area contributed by atoms with Gasteiger partial charge in [-0.2, -0.15) is 0 Å². The molecule has 1 aromatic carbocycles. The summed E-state index contributed by atoms with van der Waals surface area (Å²) in [4.78, 5) is 37.7. The number of aliphatic carboxylic acids is 1. The van der Waals surface area contributed by atoms with Crippen LogP contribution in [0.15, 0.2) is 24.3 Å². The number of nitrogens with zero attached hydrogens (tertiary/aromatic N) is 1. The monoisotopic (exact) mass is 348 g/mol. The van der Waals surface area contributed by atoms with Gasteiger partial charge in [-0.3, -0.25) is 14.4 Å². The first-order valence-corrected chi connectivity index (χ1v) is 8.63. The van der Waals surface area contributed by atoms with Crippen LogP contribution in [0.4, 0.5) is 0 Å². The molecule has 0 aliphatic carbocycles. The fourth-order valence-electron chi connectivity index (χ4n) is 2.68. The average molecular weight is 348 g/mol. The number of carboxylic acids is 1. The molecule has 0 heterocycles. The van der Waals surface area contributed by atoms with Crippen molar-refractivity contribution < 1.29 is 19.5 Å². The third-order valence-electron chi connectivity index (χ3n) is 3.83. The van der Waals surface area contributed by atoms with Gasteiger partial charge in [0.1, 0.15) is 12.6 Å². The molecule has 0 radical (unpaired) electrons. The van der Waals surface area contributed by atoms with E-state index in [4.69, 9.17) is 5.11 Å². The van der Waals surface area contributed by atoms with Crippen molar-refractivity contribution in [2.24, 2.45) is 5.92 Å². The van der Waals surface area contributed by atoms with Gasteiger partial charge in [0.15, 0.2) is 0 Å². The second kappa shape index (κ2) is 9.81. The average Bonchev–Trinajstić information content (AvgIpc) is 2.52. The molecule has 0 saturated heterocycles. The zero-order chi connectivity index (χ0) is 19.0. The third kappa shape index (κ3) is 6.57. The fraction of sp³-hybridized carbons (Fsp3) is 0.526. The minimum absolute atomic E-state index is 0.180. The van der Waals surface area contributed by atoms with Crippen LogP contribution >= 0.6 is 0 Å². The highest BCUT2D eigenvalue weighted by molar-refractivity contribution is 5.98. The minimum Gasteiger partial charge on any atom is -0.480 e. The summed E-state index contributed by atoms with van der Waals surface area (Å²) in [5.41, 5.74) is 1.34. The van der Waals surface area contributed by atoms with Crippen LogP contribution in [-0.2, 0) is 9.59 Å². The molecule has 0 aliphatic heterocycles. The van der Waals surface area contributed by atoms with E-state index in [-0.39, 0.29) is 24.3 Å². The molecule has 0 aliphatic rings. The Hall–Kier alpha value is -2.37. The zero-order valence-electron chi connectivity index (χ0n) is 15.4. The number of hydrogen-bond donors (Lipinski definition) is 2. The summed E-state index contributed by atoms with van der Waals surface area (Å²) in [6.07, 6.45) is 1.11. The summed E-state index contributed by atoms with van der Waals surface area (Å²) in [6, 6.07) is 6.43. The van der Waals surface area contributed by atoms with E-state index in [2.05, 4.69) is 5.32 Å². The number of nitrogens with one attached hydrogen (secondary N) is 1. The van der Waals surface area contributed by atoms with Crippen LogP contribution in [0.2, 0.25) is 0 Å². The molecule has 0 saturated carbocycles. The van der Waals surface area contributed by atoms with Gasteiger partial charge < -0.3 is 15.3 Å². The van der Waals surface area contributed by atoms with Crippen molar-refractivity contribution in [2.75, 3.05) is 13.1 Å². The molecule has 1 unspecified atom stereocenters. The van der Waals surface area contributed by atoms with Crippen LogP contribution in [0.25, 0.3) is 0 Å². The van der Waals surface area contributed by atoms with Gasteiger partial charge in [0, 0.05) is 12.1 Å². The lowest BCUT2D eigenvalue weighted by Gasteiger charge is -2.27. The predicted molar refractivity (Wildman–Crippen MR) is 96.4 cm³/mol. The van der Waals surface area contributed by atoms with Gasteiger partial charge in [-0.05, 0) is 37.3 Å². The second-order valence-corrected chi connectivity index (χ2v) is 6.62. The standard InChI is InChI=1S/C19H28N2O4/c1-5-10-21(12-17(22)23)19(25)16(11-13(2)3)20-18(24)15-9-7-6-8-14(15)4/h6-9,13,16H,5,10-12H2,1-4H3,(H,20,24)(H,22,23). The maximum atomic E-state index is 12.8. The molecule has 0 fully saturated rings. The summed E-state index contributed by atoms with van der Waals surface area (Å²) >= 11 is 0. The molecule has 1 aromatic rings. The van der Waals surface area contributed by atoms with Crippen molar-refractivity contribution in [1.82, 2.24) is 10.2 Å². The van der Waals surface area contributed by atoms with Gasteiger partial charge >= 0.3 is 5.97 Å². The molecule has 1 atom stereocenters. The lowest BCUT2D eigenvalue weighted by Crippen LogP contribution is -2.50. The number of rotatable bonds is 9. The normalized spacial score (nSPS) is 11.9. The molecule has 25 heavy (non-hydrogen) atoms. The van der Waals surface area contributed by atoms with Crippen LogP contribution in [0, 0.1) is 12.8 Å². The Morgan fingerprint density at radius 1 is 1.20 bits per heavy atom. The van der Waals surface area contributed by atoms with Crippen molar-refractivity contribution in [3.8, 4) is 0 Å². The Kier molecular flexibility index (Phi) is 8.11. The van der Waals surface area contributed by atoms with Crippen molar-refractivity contribution in [3.63, 3.8) is 0 Å². The van der Waals surface area contributed by atoms with Gasteiger partial charge in [-0.1, -0.05) is 39.0 Å². The third-order valence-corrected chi connectivity index (χ3v) is 3.83. The second-order valence-electron chi connectivity index (χ2n) is 6.62. The Morgan fingerprint density at radius 2 is 1.84 bits per heavy atom. The number of carbonyl (C=O) groups excluding carboxylic acids is 2. The molecule has 0 bridgehead atoms. The molecule has 6 heteroatoms. The molecular weight excluding hydrogens is 320 g/mol. The Balaban J connectivity index is 2.98. The summed E-state index contributed by atoms with van der Waals surface area (Å²) in [5.74, 6) is -1.54. The van der Waals surface area contributed by atoms with Crippen molar-refractivity contribution in [1.29, 1.82) is 0 Å². The number of benzene rings is 1. The largest absolute Gasteiger partial charge is 0.480 e. The summed E-state index contributed by atoms with van der Waals surface area (Å²) in [7, 11) is 0. The summed E-state index contributed by atoms with van der Waals surface area (Å²) in [5, 5.41) is 11.8. The summed E-state index contributed by atoms with van der Waals surface area (Å²) in [6.45, 7) is 7.62. The van der Waals surface area contributed by atoms with Crippen molar-refractivity contribution >= 4 is 17.8 Å². The van der Waals surface area contributed by atoms with Gasteiger partial charge in [-0.25, -0.2) is 0 Å². The highest BCUT2D eigenvalue weighted by Gasteiger charge is 2.28. The van der Waals surface area contributed by atoms with Crippen LogP contribution in [0.3, 0.4) is 0 Å². The predicted octanol–water partition coefficient (Wildman–Crippen LogP) is 2.46. The molecule has 1 rings (SSSR count). The first-order chi connectivity index (χ1) is 11.8. The Labute approximate surface area is 149 Å². The lowest BCUT2D eigenvalue weighted by atomic mass is 10.0. The molecule has 0 spiro atoms. The van der Waals surface area contributed by atoms with Gasteiger partial charge in [0.05, 0.1) is 0 Å². The maximum Gasteiger partial charge on any atom is 0.323 e. The van der Waals surface area contributed by atoms with Gasteiger partial charge in [0.2, 0.25) is 5.91 Å². The van der Waals surface area contributed by atoms with Crippen LogP contribution in [-0.4, -0.2) is 46.9 Å². The van der Waals surface area contributed by atoms with E-state index in [0.717, 1.165) is 5.56 Å². The first-order valence-electron chi connectivity index (χ1n) is 8.63. The molecule has 0 aromatic heterocycles. The van der Waals surface area contributed by atoms with Crippen molar-refractivity contribution in [3.05, 3.63) is 35.4 Å². The topological polar surface area (TPSA) is 86.7 Å². The number of amides is 2. The first kappa shape index (κ1) is 20.7. The van der Waals surface area contributed by atoms with E-state index in [1.165, 1.54) is 4.90 Å². The minimum atomic E-state index is -1.06. The van der Waals surface area contributed by atoms with E-state index < -0.39 is 12.0 Å². The smallest absolute Gasteiger partial charge is 0.323 e. The van der Waals surface area contributed by atoms with E-state index in [0.29, 0.717) is 24.9 Å². The highest BCUT2D eigenvalue weighted by Crippen LogP contribution is 2.12. The SMILES string of the molecule is CCCN(CC(=O)O)C(=O)C(CC(C)C)NC(=O)c1ccccc1C. The van der Waals surface area contributed by atoms with Crippen LogP contribution in [0.1, 0.15) is 49.5 Å². The van der Waals surface area contributed by atoms with E-state index in [1.54, 1.807) is 12.1 Å². The van der Waals surface area contributed by atoms with E-state index in [1.807, 2.05) is 39.8 Å². The highest BCUT2D eigenvalue weighted by atomic mass is 16.4. The van der Waals surface area contributed by atoms with Gasteiger partial charge in [-0.15, -0.1) is 0 Å². The zero-order valence-corrected chi connectivity index (χ0v) is 15.4. The van der Waals surface area contributed by atoms with E-state index in [9.17, 15) is 14.4 Å². The van der Waals surface area contributed by atoms with Gasteiger partial charge in [0.25, 0.3) is 5.91 Å². The fourth-order valence-corrected chi connectivity index (χ4v) is 2.68. The molecule has 2 amide bonds. The van der Waals surface area contributed by atoms with Crippen LogP contribution in [0.5, 0.6) is 0 Å². The number of hydrogen-bond acceptors (Lipinski definition) is 3.